The van der Waals surface area contributed by atoms with Crippen LogP contribution in [-0.2, 0) is 9.59 Å². The van der Waals surface area contributed by atoms with Crippen LogP contribution in [0.5, 0.6) is 0 Å². The Bertz CT molecular complexity index is 923. The molecular weight excluding hydrogens is 358 g/mol. The highest BCUT2D eigenvalue weighted by molar-refractivity contribution is 8.02. The van der Waals surface area contributed by atoms with E-state index in [0.717, 1.165) is 33.1 Å². The van der Waals surface area contributed by atoms with E-state index in [2.05, 4.69) is 4.98 Å². The Hall–Kier alpha value is -2.38. The van der Waals surface area contributed by atoms with Gasteiger partial charge < -0.3 is 10.2 Å². The molecule has 25 heavy (non-hydrogen) atoms. The highest BCUT2D eigenvalue weighted by Gasteiger charge is 2.32. The number of hydrogen-bond donors (Lipinski definition) is 2. The summed E-state index contributed by atoms with van der Waals surface area (Å²) in [6.07, 6.45) is 0. The molecule has 5 nitrogen and oxygen atoms in total. The average Bonchev–Trinajstić information content (AvgIpc) is 3.02. The number of thiazole rings is 1. The molecular formula is C18H15NO4S2. The molecule has 0 bridgehead atoms. The number of fused-ring (bicyclic) bond motifs is 1. The van der Waals surface area contributed by atoms with E-state index in [1.54, 1.807) is 0 Å². The first-order valence-corrected chi connectivity index (χ1v) is 9.24. The van der Waals surface area contributed by atoms with Gasteiger partial charge in [-0.2, -0.15) is 0 Å². The lowest BCUT2D eigenvalue weighted by Gasteiger charge is -2.14. The van der Waals surface area contributed by atoms with Crippen molar-refractivity contribution in [2.75, 3.05) is 0 Å². The first-order chi connectivity index (χ1) is 12.0. The molecule has 2 N–H and O–H groups in total. The normalized spacial score (nSPS) is 13.5. The number of para-hydroxylation sites is 1. The molecule has 1 heterocycles. The number of thioether (sulfide) groups is 1. The number of aromatic nitrogens is 1. The molecule has 1 aromatic heterocycles. The van der Waals surface area contributed by atoms with Crippen LogP contribution in [-0.4, -0.2) is 32.4 Å². The van der Waals surface area contributed by atoms with Crippen molar-refractivity contribution in [3.8, 4) is 11.1 Å². The van der Waals surface area contributed by atoms with Crippen molar-refractivity contribution in [1.29, 1.82) is 0 Å². The standard InChI is InChI=1S/C18H15NO4S2/c1-10(16(20)21)15(17(22)23)25-18-19-14-12(8-5-9-13(14)24-18)11-6-3-2-4-7-11/h2-10,15H,1H3,(H,20,21)(H,22,23). The fraction of sp³-hybridized carbons (Fsp3) is 0.167. The van der Waals surface area contributed by atoms with Gasteiger partial charge in [0, 0.05) is 5.56 Å². The molecule has 0 saturated heterocycles. The lowest BCUT2D eigenvalue weighted by molar-refractivity contribution is -0.146. The van der Waals surface area contributed by atoms with E-state index < -0.39 is 23.1 Å². The third-order valence-corrected chi connectivity index (χ3v) is 6.31. The van der Waals surface area contributed by atoms with Crippen molar-refractivity contribution in [2.24, 2.45) is 5.92 Å². The van der Waals surface area contributed by atoms with Crippen LogP contribution in [0.4, 0.5) is 0 Å². The molecule has 2 atom stereocenters. The quantitative estimate of drug-likeness (QED) is 0.629. The second-order valence-electron chi connectivity index (χ2n) is 5.50. The van der Waals surface area contributed by atoms with Gasteiger partial charge in [0.1, 0.15) is 5.25 Å². The van der Waals surface area contributed by atoms with Crippen molar-refractivity contribution in [1.82, 2.24) is 4.98 Å². The van der Waals surface area contributed by atoms with Crippen LogP contribution in [0.2, 0.25) is 0 Å². The van der Waals surface area contributed by atoms with Gasteiger partial charge in [0.15, 0.2) is 4.34 Å². The topological polar surface area (TPSA) is 87.5 Å². The van der Waals surface area contributed by atoms with Crippen molar-refractivity contribution < 1.29 is 19.8 Å². The van der Waals surface area contributed by atoms with Gasteiger partial charge in [-0.15, -0.1) is 11.3 Å². The van der Waals surface area contributed by atoms with Gasteiger partial charge in [-0.25, -0.2) is 4.98 Å². The zero-order valence-electron chi connectivity index (χ0n) is 13.2. The minimum absolute atomic E-state index is 0.555. The minimum atomic E-state index is -1.15. The summed E-state index contributed by atoms with van der Waals surface area (Å²) in [5.74, 6) is -3.29. The summed E-state index contributed by atoms with van der Waals surface area (Å²) in [5.41, 5.74) is 2.80. The fourth-order valence-electron chi connectivity index (χ4n) is 2.43. The monoisotopic (exact) mass is 373 g/mol. The Morgan fingerprint density at radius 3 is 2.40 bits per heavy atom. The summed E-state index contributed by atoms with van der Waals surface area (Å²) >= 11 is 2.37. The van der Waals surface area contributed by atoms with Gasteiger partial charge in [0.2, 0.25) is 0 Å². The lowest BCUT2D eigenvalue weighted by atomic mass is 10.1. The van der Waals surface area contributed by atoms with Crippen molar-refractivity contribution in [2.45, 2.75) is 16.5 Å². The Morgan fingerprint density at radius 2 is 1.76 bits per heavy atom. The molecule has 3 rings (SSSR count). The maximum atomic E-state index is 11.4. The number of carboxylic acids is 2. The number of rotatable bonds is 6. The molecule has 3 aromatic rings. The number of carbonyl (C=O) groups is 2. The number of aliphatic carboxylic acids is 2. The summed E-state index contributed by atoms with van der Waals surface area (Å²) in [7, 11) is 0. The van der Waals surface area contributed by atoms with E-state index >= 15 is 0 Å². The largest absolute Gasteiger partial charge is 0.481 e. The zero-order chi connectivity index (χ0) is 18.0. The number of benzene rings is 2. The summed E-state index contributed by atoms with van der Waals surface area (Å²) in [6.45, 7) is 1.40. The van der Waals surface area contributed by atoms with Crippen LogP contribution < -0.4 is 0 Å². The van der Waals surface area contributed by atoms with Crippen molar-refractivity contribution >= 4 is 45.3 Å². The van der Waals surface area contributed by atoms with Crippen LogP contribution in [0.15, 0.2) is 52.9 Å². The number of nitrogens with zero attached hydrogens (tertiary/aromatic N) is 1. The van der Waals surface area contributed by atoms with Crippen LogP contribution in [0, 0.1) is 5.92 Å². The van der Waals surface area contributed by atoms with E-state index in [-0.39, 0.29) is 0 Å². The Labute approximate surface area is 152 Å². The molecule has 128 valence electrons. The first-order valence-electron chi connectivity index (χ1n) is 7.54. The van der Waals surface area contributed by atoms with E-state index in [1.807, 2.05) is 48.5 Å². The van der Waals surface area contributed by atoms with Crippen LogP contribution in [0.25, 0.3) is 21.3 Å². The smallest absolute Gasteiger partial charge is 0.317 e. The Morgan fingerprint density at radius 1 is 1.04 bits per heavy atom. The van der Waals surface area contributed by atoms with E-state index in [1.165, 1.54) is 18.3 Å². The summed E-state index contributed by atoms with van der Waals surface area (Å²) in [4.78, 5) is 27.2. The predicted molar refractivity (Wildman–Crippen MR) is 99.1 cm³/mol. The molecule has 0 saturated carbocycles. The molecule has 0 spiro atoms. The summed E-state index contributed by atoms with van der Waals surface area (Å²) in [6, 6.07) is 15.7. The highest BCUT2D eigenvalue weighted by atomic mass is 32.2. The van der Waals surface area contributed by atoms with Crippen molar-refractivity contribution in [3.63, 3.8) is 0 Å². The van der Waals surface area contributed by atoms with Crippen molar-refractivity contribution in [3.05, 3.63) is 48.5 Å². The molecule has 0 aliphatic carbocycles. The molecule has 2 unspecified atom stereocenters. The molecule has 0 radical (unpaired) electrons. The fourth-order valence-corrected chi connectivity index (χ4v) is 4.71. The zero-order valence-corrected chi connectivity index (χ0v) is 14.9. The Kier molecular flexibility index (Phi) is 5.06. The minimum Gasteiger partial charge on any atom is -0.481 e. The van der Waals surface area contributed by atoms with Gasteiger partial charge >= 0.3 is 11.9 Å². The van der Waals surface area contributed by atoms with Gasteiger partial charge in [-0.3, -0.25) is 9.59 Å². The number of hydrogen-bond acceptors (Lipinski definition) is 5. The lowest BCUT2D eigenvalue weighted by Crippen LogP contribution is -2.30. The SMILES string of the molecule is CC(C(=O)O)C(Sc1nc2c(-c3ccccc3)cccc2s1)C(=O)O. The molecule has 0 aliphatic heterocycles. The van der Waals surface area contributed by atoms with E-state index in [0.29, 0.717) is 4.34 Å². The van der Waals surface area contributed by atoms with E-state index in [4.69, 9.17) is 5.11 Å². The summed E-state index contributed by atoms with van der Waals surface area (Å²) in [5, 5.41) is 17.4. The molecule has 0 fully saturated rings. The second-order valence-corrected chi connectivity index (χ2v) is 7.92. The molecule has 2 aromatic carbocycles. The summed E-state index contributed by atoms with van der Waals surface area (Å²) < 4.78 is 1.50. The second kappa shape index (κ2) is 7.25. The van der Waals surface area contributed by atoms with Crippen LogP contribution in [0.1, 0.15) is 6.92 Å². The first kappa shape index (κ1) is 17.4. The van der Waals surface area contributed by atoms with Gasteiger partial charge in [0.25, 0.3) is 0 Å². The van der Waals surface area contributed by atoms with Gasteiger partial charge in [-0.05, 0) is 11.6 Å². The number of carboxylic acid groups (broad SMARTS) is 2. The third kappa shape index (κ3) is 3.67. The maximum absolute atomic E-state index is 11.4. The Balaban J connectivity index is 1.99. The van der Waals surface area contributed by atoms with Gasteiger partial charge in [0.05, 0.1) is 16.1 Å². The highest BCUT2D eigenvalue weighted by Crippen LogP contribution is 2.38. The van der Waals surface area contributed by atoms with Gasteiger partial charge in [-0.1, -0.05) is 61.2 Å². The van der Waals surface area contributed by atoms with Crippen LogP contribution in [0.3, 0.4) is 0 Å². The molecule has 7 heteroatoms. The molecule has 0 amide bonds. The van der Waals surface area contributed by atoms with E-state index in [9.17, 15) is 14.7 Å². The third-order valence-electron chi connectivity index (χ3n) is 3.80. The predicted octanol–water partition coefficient (Wildman–Crippen LogP) is 4.23. The average molecular weight is 373 g/mol. The molecule has 0 aliphatic rings. The maximum Gasteiger partial charge on any atom is 0.317 e. The van der Waals surface area contributed by atoms with Crippen LogP contribution >= 0.6 is 23.1 Å².